The molecular formula is C15H20N2O4. The number of aliphatic carboxylic acids is 1. The molecule has 0 aromatic carbocycles. The van der Waals surface area contributed by atoms with Gasteiger partial charge in [-0.15, -0.1) is 0 Å². The van der Waals surface area contributed by atoms with Crippen molar-refractivity contribution in [1.82, 2.24) is 9.47 Å². The first kappa shape index (κ1) is 15.3. The molecule has 1 aliphatic rings. The predicted molar refractivity (Wildman–Crippen MR) is 77.1 cm³/mol. The molecule has 0 radical (unpaired) electrons. The van der Waals surface area contributed by atoms with Crippen LogP contribution in [0.15, 0.2) is 23.1 Å². The first-order valence-electron chi connectivity index (χ1n) is 6.97. The van der Waals surface area contributed by atoms with Crippen molar-refractivity contribution in [2.24, 2.45) is 18.4 Å². The van der Waals surface area contributed by atoms with Gasteiger partial charge in [-0.25, -0.2) is 0 Å². The van der Waals surface area contributed by atoms with Crippen molar-refractivity contribution in [2.75, 3.05) is 13.1 Å². The fraction of sp³-hybridized carbons (Fsp3) is 0.533. The normalized spacial score (nSPS) is 21.8. The summed E-state index contributed by atoms with van der Waals surface area (Å²) in [6, 6.07) is 2.87. The lowest BCUT2D eigenvalue weighted by Crippen LogP contribution is -2.40. The molecule has 6 heteroatoms. The van der Waals surface area contributed by atoms with Gasteiger partial charge in [0.25, 0.3) is 11.5 Å². The molecule has 0 saturated carbocycles. The third kappa shape index (κ3) is 2.57. The number of amides is 1. The maximum absolute atomic E-state index is 12.4. The SMILES string of the molecule is CC(C)C1(C(=O)O)CCN(C(=O)c2ccn(C)c(=O)c2)C1. The molecule has 0 bridgehead atoms. The highest BCUT2D eigenvalue weighted by Crippen LogP contribution is 2.38. The number of carboxylic acid groups (broad SMARTS) is 1. The molecule has 2 heterocycles. The lowest BCUT2D eigenvalue weighted by Gasteiger charge is -2.28. The van der Waals surface area contributed by atoms with Crippen molar-refractivity contribution >= 4 is 11.9 Å². The van der Waals surface area contributed by atoms with Gasteiger partial charge in [-0.1, -0.05) is 13.8 Å². The highest BCUT2D eigenvalue weighted by molar-refractivity contribution is 5.95. The summed E-state index contributed by atoms with van der Waals surface area (Å²) in [6.07, 6.45) is 1.98. The third-order valence-electron chi connectivity index (χ3n) is 4.47. The van der Waals surface area contributed by atoms with Crippen LogP contribution < -0.4 is 5.56 Å². The molecule has 0 aliphatic carbocycles. The zero-order valence-electron chi connectivity index (χ0n) is 12.5. The molecule has 21 heavy (non-hydrogen) atoms. The van der Waals surface area contributed by atoms with Crippen LogP contribution in [0.4, 0.5) is 0 Å². The Kier molecular flexibility index (Phi) is 3.89. The minimum absolute atomic E-state index is 0.0588. The molecule has 1 N–H and O–H groups in total. The minimum Gasteiger partial charge on any atom is -0.481 e. The Balaban J connectivity index is 2.24. The molecule has 2 rings (SSSR count). The molecule has 0 spiro atoms. The van der Waals surface area contributed by atoms with Crippen LogP contribution >= 0.6 is 0 Å². The van der Waals surface area contributed by atoms with Crippen LogP contribution in [-0.2, 0) is 11.8 Å². The molecule has 1 unspecified atom stereocenters. The summed E-state index contributed by atoms with van der Waals surface area (Å²) in [5, 5.41) is 9.49. The number of carbonyl (C=O) groups excluding carboxylic acids is 1. The van der Waals surface area contributed by atoms with Crippen LogP contribution in [0.25, 0.3) is 0 Å². The molecule has 1 aromatic heterocycles. The maximum atomic E-state index is 12.4. The summed E-state index contributed by atoms with van der Waals surface area (Å²) >= 11 is 0. The number of carboxylic acids is 1. The zero-order chi connectivity index (χ0) is 15.8. The molecule has 1 atom stereocenters. The van der Waals surface area contributed by atoms with E-state index >= 15 is 0 Å². The first-order chi connectivity index (χ1) is 9.78. The molecule has 1 aromatic rings. The van der Waals surface area contributed by atoms with E-state index in [1.165, 1.54) is 15.5 Å². The maximum Gasteiger partial charge on any atom is 0.311 e. The standard InChI is InChI=1S/C15H20N2O4/c1-10(2)15(14(20)21)5-7-17(9-15)13(19)11-4-6-16(3)12(18)8-11/h4,6,8,10H,5,7,9H2,1-3H3,(H,20,21). The van der Waals surface area contributed by atoms with Crippen molar-refractivity contribution in [3.8, 4) is 0 Å². The van der Waals surface area contributed by atoms with Crippen LogP contribution in [0.1, 0.15) is 30.6 Å². The van der Waals surface area contributed by atoms with E-state index in [1.807, 2.05) is 13.8 Å². The van der Waals surface area contributed by atoms with E-state index in [9.17, 15) is 19.5 Å². The van der Waals surface area contributed by atoms with E-state index in [4.69, 9.17) is 0 Å². The van der Waals surface area contributed by atoms with Crippen LogP contribution in [-0.4, -0.2) is 39.5 Å². The van der Waals surface area contributed by atoms with E-state index in [0.717, 1.165) is 0 Å². The van der Waals surface area contributed by atoms with Gasteiger partial charge in [-0.2, -0.15) is 0 Å². The van der Waals surface area contributed by atoms with Gasteiger partial charge in [0.05, 0.1) is 5.41 Å². The smallest absolute Gasteiger partial charge is 0.311 e. The molecule has 114 valence electrons. The van der Waals surface area contributed by atoms with Crippen LogP contribution in [0, 0.1) is 11.3 Å². The Morgan fingerprint density at radius 2 is 2.05 bits per heavy atom. The highest BCUT2D eigenvalue weighted by Gasteiger charge is 2.48. The van der Waals surface area contributed by atoms with Gasteiger partial charge in [0.2, 0.25) is 0 Å². The number of aromatic nitrogens is 1. The van der Waals surface area contributed by atoms with Gasteiger partial charge >= 0.3 is 5.97 Å². The van der Waals surface area contributed by atoms with E-state index < -0.39 is 11.4 Å². The van der Waals surface area contributed by atoms with Crippen LogP contribution in [0.3, 0.4) is 0 Å². The number of pyridine rings is 1. The lowest BCUT2D eigenvalue weighted by molar-refractivity contribution is -0.150. The van der Waals surface area contributed by atoms with Crippen molar-refractivity contribution in [1.29, 1.82) is 0 Å². The molecule has 1 amide bonds. The predicted octanol–water partition coefficient (Wildman–Crippen LogP) is 0.958. The van der Waals surface area contributed by atoms with Crippen molar-refractivity contribution in [3.63, 3.8) is 0 Å². The summed E-state index contributed by atoms with van der Waals surface area (Å²) in [5.41, 5.74) is -0.841. The Labute approximate surface area is 123 Å². The van der Waals surface area contributed by atoms with E-state index in [0.29, 0.717) is 18.5 Å². The second-order valence-corrected chi connectivity index (χ2v) is 5.96. The Morgan fingerprint density at radius 3 is 2.52 bits per heavy atom. The van der Waals surface area contributed by atoms with Gasteiger partial charge < -0.3 is 14.6 Å². The third-order valence-corrected chi connectivity index (χ3v) is 4.47. The second kappa shape index (κ2) is 5.35. The molecule has 1 saturated heterocycles. The fourth-order valence-corrected chi connectivity index (χ4v) is 2.76. The van der Waals surface area contributed by atoms with Crippen LogP contribution in [0.2, 0.25) is 0 Å². The van der Waals surface area contributed by atoms with Crippen molar-refractivity contribution in [2.45, 2.75) is 20.3 Å². The van der Waals surface area contributed by atoms with Crippen molar-refractivity contribution in [3.05, 3.63) is 34.2 Å². The van der Waals surface area contributed by atoms with E-state index in [1.54, 1.807) is 19.3 Å². The number of hydrogen-bond donors (Lipinski definition) is 1. The summed E-state index contributed by atoms with van der Waals surface area (Å²) in [6.45, 7) is 4.31. The Bertz CT molecular complexity index is 635. The molecule has 1 fully saturated rings. The monoisotopic (exact) mass is 292 g/mol. The largest absolute Gasteiger partial charge is 0.481 e. The molecular weight excluding hydrogens is 272 g/mol. The average molecular weight is 292 g/mol. The Morgan fingerprint density at radius 1 is 1.38 bits per heavy atom. The number of carbonyl (C=O) groups is 2. The van der Waals surface area contributed by atoms with Gasteiger partial charge in [0.1, 0.15) is 0 Å². The summed E-state index contributed by atoms with van der Waals surface area (Å²) in [5.74, 6) is -1.20. The van der Waals surface area contributed by atoms with Gasteiger partial charge in [-0.05, 0) is 18.4 Å². The highest BCUT2D eigenvalue weighted by atomic mass is 16.4. The fourth-order valence-electron chi connectivity index (χ4n) is 2.76. The van der Waals surface area contributed by atoms with E-state index in [2.05, 4.69) is 0 Å². The minimum atomic E-state index is -0.893. The second-order valence-electron chi connectivity index (χ2n) is 5.96. The lowest BCUT2D eigenvalue weighted by atomic mass is 9.76. The van der Waals surface area contributed by atoms with Gasteiger partial charge in [0.15, 0.2) is 0 Å². The van der Waals surface area contributed by atoms with Crippen LogP contribution in [0.5, 0.6) is 0 Å². The quantitative estimate of drug-likeness (QED) is 0.900. The summed E-state index contributed by atoms with van der Waals surface area (Å²) in [7, 11) is 1.61. The van der Waals surface area contributed by atoms with E-state index in [-0.39, 0.29) is 23.9 Å². The number of nitrogens with zero attached hydrogens (tertiary/aromatic N) is 2. The Hall–Kier alpha value is -2.11. The van der Waals surface area contributed by atoms with Gasteiger partial charge in [-0.3, -0.25) is 14.4 Å². The summed E-state index contributed by atoms with van der Waals surface area (Å²) in [4.78, 5) is 37.1. The average Bonchev–Trinajstić information content (AvgIpc) is 2.87. The van der Waals surface area contributed by atoms with Gasteiger partial charge in [0, 0.05) is 38.0 Å². The topological polar surface area (TPSA) is 79.6 Å². The first-order valence-corrected chi connectivity index (χ1v) is 6.97. The van der Waals surface area contributed by atoms with Crippen molar-refractivity contribution < 1.29 is 14.7 Å². The molecule has 6 nitrogen and oxygen atoms in total. The molecule has 1 aliphatic heterocycles. The number of rotatable bonds is 3. The number of hydrogen-bond acceptors (Lipinski definition) is 3. The number of aryl methyl sites for hydroxylation is 1. The summed E-state index contributed by atoms with van der Waals surface area (Å²) < 4.78 is 1.39. The zero-order valence-corrected chi connectivity index (χ0v) is 12.5. The number of likely N-dealkylation sites (tertiary alicyclic amines) is 1.